The van der Waals surface area contributed by atoms with E-state index in [2.05, 4.69) is 26.9 Å². The molecule has 2 aromatic carbocycles. The van der Waals surface area contributed by atoms with E-state index in [0.29, 0.717) is 18.6 Å². The molecule has 8 heteroatoms. The van der Waals surface area contributed by atoms with E-state index < -0.39 is 0 Å². The number of carbonyl (C=O) groups is 1. The molecule has 3 heterocycles. The molecule has 0 saturated carbocycles. The summed E-state index contributed by atoms with van der Waals surface area (Å²) >= 11 is 0. The summed E-state index contributed by atoms with van der Waals surface area (Å²) in [5.41, 5.74) is 5.52. The number of fused-ring (bicyclic) bond motifs is 1. The molecular weight excluding hydrogens is 454 g/mol. The molecular formula is C28H31N5O3. The van der Waals surface area contributed by atoms with E-state index in [0.717, 1.165) is 71.3 Å². The van der Waals surface area contributed by atoms with Gasteiger partial charge in [0.1, 0.15) is 17.3 Å². The Morgan fingerprint density at radius 3 is 2.36 bits per heavy atom. The predicted octanol–water partition coefficient (Wildman–Crippen LogP) is 4.46. The topological polar surface area (TPSA) is 72.7 Å². The van der Waals surface area contributed by atoms with Crippen molar-refractivity contribution in [2.24, 2.45) is 7.05 Å². The standard InChI is InChI=1S/C28H31N5O3/c1-31-9-6-20(19-31)28-18-29-26-5-4-21(16-27(26)30-28)33(13-12-32-10-7-23(34)8-11-32)22-14-24(35-2)17-25(15-22)36-3/h4-6,9,14-19H,7-8,10-13H2,1-3H3. The van der Waals surface area contributed by atoms with Crippen LogP contribution in [0.5, 0.6) is 11.5 Å². The molecule has 0 bridgehead atoms. The maximum Gasteiger partial charge on any atom is 0.135 e. The zero-order chi connectivity index (χ0) is 25.1. The second-order valence-electron chi connectivity index (χ2n) is 9.10. The van der Waals surface area contributed by atoms with Gasteiger partial charge in [0.15, 0.2) is 0 Å². The van der Waals surface area contributed by atoms with Crippen LogP contribution in [0.2, 0.25) is 0 Å². The summed E-state index contributed by atoms with van der Waals surface area (Å²) in [6.45, 7) is 3.18. The number of aromatic nitrogens is 3. The van der Waals surface area contributed by atoms with E-state index in [-0.39, 0.29) is 0 Å². The van der Waals surface area contributed by atoms with Gasteiger partial charge in [-0.2, -0.15) is 0 Å². The van der Waals surface area contributed by atoms with Crippen LogP contribution in [0.4, 0.5) is 11.4 Å². The molecule has 0 aliphatic carbocycles. The van der Waals surface area contributed by atoms with E-state index in [1.54, 1.807) is 14.2 Å². The third kappa shape index (κ3) is 5.18. The van der Waals surface area contributed by atoms with Gasteiger partial charge in [0.25, 0.3) is 0 Å². The summed E-state index contributed by atoms with van der Waals surface area (Å²) in [4.78, 5) is 25.9. The molecule has 0 radical (unpaired) electrons. The summed E-state index contributed by atoms with van der Waals surface area (Å²) in [5.74, 6) is 1.80. The van der Waals surface area contributed by atoms with Gasteiger partial charge in [0, 0.05) is 93.6 Å². The van der Waals surface area contributed by atoms with Crippen LogP contribution in [-0.2, 0) is 11.8 Å². The molecule has 36 heavy (non-hydrogen) atoms. The van der Waals surface area contributed by atoms with Crippen LogP contribution in [0.3, 0.4) is 0 Å². The van der Waals surface area contributed by atoms with Crippen LogP contribution in [0, 0.1) is 0 Å². The number of hydrogen-bond acceptors (Lipinski definition) is 7. The van der Waals surface area contributed by atoms with Gasteiger partial charge >= 0.3 is 0 Å². The number of benzene rings is 2. The summed E-state index contributed by atoms with van der Waals surface area (Å²) in [7, 11) is 5.31. The van der Waals surface area contributed by atoms with E-state index in [4.69, 9.17) is 14.5 Å². The fourth-order valence-corrected chi connectivity index (χ4v) is 4.58. The van der Waals surface area contributed by atoms with Crippen LogP contribution in [0.15, 0.2) is 61.1 Å². The van der Waals surface area contributed by atoms with Crippen molar-refractivity contribution < 1.29 is 14.3 Å². The first kappa shape index (κ1) is 23.8. The molecule has 0 amide bonds. The second-order valence-corrected chi connectivity index (χ2v) is 9.10. The first-order valence-corrected chi connectivity index (χ1v) is 12.2. The lowest BCUT2D eigenvalue weighted by atomic mass is 10.1. The van der Waals surface area contributed by atoms with Crippen molar-refractivity contribution in [3.05, 3.63) is 61.1 Å². The molecule has 1 saturated heterocycles. The van der Waals surface area contributed by atoms with Crippen molar-refractivity contribution in [1.29, 1.82) is 0 Å². The first-order valence-electron chi connectivity index (χ1n) is 12.2. The van der Waals surface area contributed by atoms with Gasteiger partial charge in [0.2, 0.25) is 0 Å². The zero-order valence-electron chi connectivity index (χ0n) is 21.0. The van der Waals surface area contributed by atoms with Crippen LogP contribution >= 0.6 is 0 Å². The number of piperidine rings is 1. The molecule has 5 rings (SSSR count). The molecule has 1 aliphatic rings. The second kappa shape index (κ2) is 10.4. The van der Waals surface area contributed by atoms with Gasteiger partial charge in [-0.1, -0.05) is 0 Å². The third-order valence-corrected chi connectivity index (χ3v) is 6.67. The lowest BCUT2D eigenvalue weighted by Crippen LogP contribution is -2.38. The SMILES string of the molecule is COc1cc(OC)cc(N(CCN2CCC(=O)CC2)c2ccc3ncc(-c4ccn(C)c4)nc3c2)c1. The molecule has 1 fully saturated rings. The Bertz CT molecular complexity index is 1350. The Balaban J connectivity index is 1.51. The Morgan fingerprint density at radius 2 is 1.69 bits per heavy atom. The van der Waals surface area contributed by atoms with Crippen molar-refractivity contribution in [3.63, 3.8) is 0 Å². The van der Waals surface area contributed by atoms with Crippen LogP contribution in [0.1, 0.15) is 12.8 Å². The third-order valence-electron chi connectivity index (χ3n) is 6.67. The van der Waals surface area contributed by atoms with Crippen molar-refractivity contribution in [2.45, 2.75) is 12.8 Å². The van der Waals surface area contributed by atoms with Crippen LogP contribution in [0.25, 0.3) is 22.3 Å². The summed E-state index contributed by atoms with van der Waals surface area (Å²) in [5, 5.41) is 0. The largest absolute Gasteiger partial charge is 0.497 e. The maximum atomic E-state index is 11.7. The fourth-order valence-electron chi connectivity index (χ4n) is 4.58. The number of Topliss-reactive ketones (excluding diaryl/α,β-unsaturated/α-hetero) is 1. The number of anilines is 2. The Morgan fingerprint density at radius 1 is 0.944 bits per heavy atom. The Labute approximate surface area is 211 Å². The number of likely N-dealkylation sites (tertiary alicyclic amines) is 1. The van der Waals surface area contributed by atoms with Gasteiger partial charge < -0.3 is 23.8 Å². The van der Waals surface area contributed by atoms with Gasteiger partial charge in [0.05, 0.1) is 37.1 Å². The molecule has 186 valence electrons. The number of rotatable bonds is 8. The smallest absolute Gasteiger partial charge is 0.135 e. The number of ether oxygens (including phenoxy) is 2. The van der Waals surface area contributed by atoms with Gasteiger partial charge in [-0.05, 0) is 24.3 Å². The normalized spacial score (nSPS) is 14.2. The Kier molecular flexibility index (Phi) is 6.86. The highest BCUT2D eigenvalue weighted by Crippen LogP contribution is 2.34. The van der Waals surface area contributed by atoms with Gasteiger partial charge in [-0.3, -0.25) is 9.78 Å². The molecule has 1 aliphatic heterocycles. The molecule has 2 aromatic heterocycles. The van der Waals surface area contributed by atoms with Gasteiger partial charge in [-0.15, -0.1) is 0 Å². The lowest BCUT2D eigenvalue weighted by molar-refractivity contribution is -0.121. The highest BCUT2D eigenvalue weighted by Gasteiger charge is 2.19. The molecule has 0 unspecified atom stereocenters. The predicted molar refractivity (Wildman–Crippen MR) is 141 cm³/mol. The maximum absolute atomic E-state index is 11.7. The molecule has 8 nitrogen and oxygen atoms in total. The minimum Gasteiger partial charge on any atom is -0.497 e. The summed E-state index contributed by atoms with van der Waals surface area (Å²) in [6, 6.07) is 14.1. The monoisotopic (exact) mass is 485 g/mol. The number of hydrogen-bond donors (Lipinski definition) is 0. The van der Waals surface area contributed by atoms with Crippen molar-refractivity contribution in [1.82, 2.24) is 19.4 Å². The average molecular weight is 486 g/mol. The molecule has 4 aromatic rings. The van der Waals surface area contributed by atoms with Crippen molar-refractivity contribution >= 4 is 28.2 Å². The van der Waals surface area contributed by atoms with E-state index in [1.807, 2.05) is 60.5 Å². The Hall–Kier alpha value is -3.91. The zero-order valence-corrected chi connectivity index (χ0v) is 21.0. The van der Waals surface area contributed by atoms with E-state index in [1.165, 1.54) is 0 Å². The summed E-state index contributed by atoms with van der Waals surface area (Å²) in [6.07, 6.45) is 7.11. The number of nitrogens with zero attached hydrogens (tertiary/aromatic N) is 5. The first-order chi connectivity index (χ1) is 17.5. The van der Waals surface area contributed by atoms with Crippen LogP contribution in [-0.4, -0.2) is 65.6 Å². The number of carbonyl (C=O) groups excluding carboxylic acids is 1. The molecule has 0 atom stereocenters. The number of aryl methyl sites for hydroxylation is 1. The fraction of sp³-hybridized carbons (Fsp3) is 0.321. The van der Waals surface area contributed by atoms with Crippen molar-refractivity contribution in [3.8, 4) is 22.8 Å². The quantitative estimate of drug-likeness (QED) is 0.365. The number of methoxy groups -OCH3 is 2. The summed E-state index contributed by atoms with van der Waals surface area (Å²) < 4.78 is 13.1. The minimum absolute atomic E-state index is 0.350. The van der Waals surface area contributed by atoms with Crippen LogP contribution < -0.4 is 14.4 Å². The van der Waals surface area contributed by atoms with E-state index >= 15 is 0 Å². The molecule has 0 spiro atoms. The lowest BCUT2D eigenvalue weighted by Gasteiger charge is -2.31. The molecule has 0 N–H and O–H groups in total. The minimum atomic E-state index is 0.350. The highest BCUT2D eigenvalue weighted by atomic mass is 16.5. The van der Waals surface area contributed by atoms with Gasteiger partial charge in [-0.25, -0.2) is 4.98 Å². The van der Waals surface area contributed by atoms with E-state index in [9.17, 15) is 4.79 Å². The highest BCUT2D eigenvalue weighted by molar-refractivity contribution is 5.83. The number of ketones is 1. The average Bonchev–Trinajstić information content (AvgIpc) is 3.35. The van der Waals surface area contributed by atoms with Crippen molar-refractivity contribution in [2.75, 3.05) is 45.3 Å².